The highest BCUT2D eigenvalue weighted by Crippen LogP contribution is 2.25. The highest BCUT2D eigenvalue weighted by atomic mass is 32.2. The van der Waals surface area contributed by atoms with Crippen molar-refractivity contribution in [1.29, 1.82) is 0 Å². The van der Waals surface area contributed by atoms with E-state index in [0.29, 0.717) is 17.8 Å². The van der Waals surface area contributed by atoms with Crippen molar-refractivity contribution in [2.75, 3.05) is 13.6 Å². The first-order chi connectivity index (χ1) is 7.67. The Kier molecular flexibility index (Phi) is 5.88. The van der Waals surface area contributed by atoms with Gasteiger partial charge in [-0.15, -0.1) is 11.8 Å². The molecule has 0 bridgehead atoms. The normalized spacial score (nSPS) is 13.1. The van der Waals surface area contributed by atoms with Crippen LogP contribution in [0.25, 0.3) is 0 Å². The molecule has 2 nitrogen and oxygen atoms in total. The molecule has 1 unspecified atom stereocenters. The highest BCUT2D eigenvalue weighted by molar-refractivity contribution is 7.99. The van der Waals surface area contributed by atoms with Crippen molar-refractivity contribution >= 4 is 11.8 Å². The fourth-order valence-electron chi connectivity index (χ4n) is 1.70. The Hall–Kier alpha value is -0.510. The van der Waals surface area contributed by atoms with Gasteiger partial charge in [-0.1, -0.05) is 26.0 Å². The van der Waals surface area contributed by atoms with Crippen LogP contribution in [-0.2, 0) is 0 Å². The van der Waals surface area contributed by atoms with Crippen molar-refractivity contribution in [2.45, 2.75) is 36.5 Å². The van der Waals surface area contributed by atoms with Gasteiger partial charge in [0.15, 0.2) is 0 Å². The molecule has 0 saturated carbocycles. The van der Waals surface area contributed by atoms with E-state index in [2.05, 4.69) is 43.4 Å². The van der Waals surface area contributed by atoms with Crippen LogP contribution in [0.15, 0.2) is 29.2 Å². The van der Waals surface area contributed by atoms with Crippen molar-refractivity contribution in [3.63, 3.8) is 0 Å². The molecule has 1 aromatic carbocycles. The van der Waals surface area contributed by atoms with Crippen LogP contribution >= 0.6 is 11.8 Å². The molecule has 1 aromatic rings. The largest absolute Gasteiger partial charge is 0.330 e. The van der Waals surface area contributed by atoms with E-state index >= 15 is 0 Å². The number of benzene rings is 1. The lowest BCUT2D eigenvalue weighted by molar-refractivity contribution is 0.556. The maximum Gasteiger partial charge on any atom is 0.0329 e. The molecular formula is C13H22N2S. The Morgan fingerprint density at radius 1 is 1.25 bits per heavy atom. The monoisotopic (exact) mass is 238 g/mol. The van der Waals surface area contributed by atoms with Gasteiger partial charge in [0.25, 0.3) is 0 Å². The quantitative estimate of drug-likeness (QED) is 0.748. The van der Waals surface area contributed by atoms with Gasteiger partial charge in [0, 0.05) is 16.2 Å². The number of hydrogen-bond acceptors (Lipinski definition) is 3. The van der Waals surface area contributed by atoms with E-state index in [9.17, 15) is 0 Å². The van der Waals surface area contributed by atoms with E-state index in [1.807, 2.05) is 18.8 Å². The molecule has 0 radical (unpaired) electrons. The van der Waals surface area contributed by atoms with Gasteiger partial charge in [0.05, 0.1) is 0 Å². The van der Waals surface area contributed by atoms with Gasteiger partial charge in [-0.2, -0.15) is 0 Å². The van der Waals surface area contributed by atoms with E-state index in [1.54, 1.807) is 0 Å². The van der Waals surface area contributed by atoms with Crippen LogP contribution in [0.5, 0.6) is 0 Å². The van der Waals surface area contributed by atoms with Crippen LogP contribution in [0.2, 0.25) is 0 Å². The van der Waals surface area contributed by atoms with Gasteiger partial charge < -0.3 is 11.1 Å². The lowest BCUT2D eigenvalue weighted by atomic mass is 10.0. The lowest BCUT2D eigenvalue weighted by Gasteiger charge is -2.16. The van der Waals surface area contributed by atoms with E-state index in [1.165, 1.54) is 10.5 Å². The molecule has 0 saturated heterocycles. The summed E-state index contributed by atoms with van der Waals surface area (Å²) in [6, 6.07) is 9.16. The summed E-state index contributed by atoms with van der Waals surface area (Å²) in [6.07, 6.45) is 0.979. The molecule has 3 N–H and O–H groups in total. The SMILES string of the molecule is CNC(CCN)c1ccc(SC(C)C)cc1. The first-order valence-electron chi connectivity index (χ1n) is 5.81. The molecule has 90 valence electrons. The van der Waals surface area contributed by atoms with Crippen molar-refractivity contribution in [3.05, 3.63) is 29.8 Å². The Labute approximate surface area is 103 Å². The van der Waals surface area contributed by atoms with Crippen LogP contribution in [0.3, 0.4) is 0 Å². The zero-order chi connectivity index (χ0) is 12.0. The van der Waals surface area contributed by atoms with Gasteiger partial charge in [-0.3, -0.25) is 0 Å². The van der Waals surface area contributed by atoms with Crippen molar-refractivity contribution < 1.29 is 0 Å². The van der Waals surface area contributed by atoms with Gasteiger partial charge in [0.2, 0.25) is 0 Å². The van der Waals surface area contributed by atoms with Gasteiger partial charge >= 0.3 is 0 Å². The molecule has 0 aliphatic rings. The Balaban J connectivity index is 2.69. The summed E-state index contributed by atoms with van der Waals surface area (Å²) < 4.78 is 0. The zero-order valence-corrected chi connectivity index (χ0v) is 11.2. The number of nitrogens with one attached hydrogen (secondary N) is 1. The molecule has 0 heterocycles. The summed E-state index contributed by atoms with van der Waals surface area (Å²) in [4.78, 5) is 1.33. The highest BCUT2D eigenvalue weighted by Gasteiger charge is 2.07. The minimum atomic E-state index is 0.378. The molecule has 0 aromatic heterocycles. The molecule has 1 atom stereocenters. The minimum Gasteiger partial charge on any atom is -0.330 e. The van der Waals surface area contributed by atoms with E-state index in [-0.39, 0.29) is 0 Å². The molecule has 0 amide bonds. The minimum absolute atomic E-state index is 0.378. The van der Waals surface area contributed by atoms with Crippen molar-refractivity contribution in [3.8, 4) is 0 Å². The fraction of sp³-hybridized carbons (Fsp3) is 0.538. The molecule has 0 aliphatic heterocycles. The maximum absolute atomic E-state index is 5.59. The van der Waals surface area contributed by atoms with Crippen molar-refractivity contribution in [1.82, 2.24) is 5.32 Å². The standard InChI is InChI=1S/C13H22N2S/c1-10(2)16-12-6-4-11(5-7-12)13(15-3)8-9-14/h4-7,10,13,15H,8-9,14H2,1-3H3. The number of thioether (sulfide) groups is 1. The van der Waals surface area contributed by atoms with E-state index in [0.717, 1.165) is 6.42 Å². The Morgan fingerprint density at radius 3 is 2.31 bits per heavy atom. The summed E-state index contributed by atoms with van der Waals surface area (Å²) in [6.45, 7) is 5.14. The van der Waals surface area contributed by atoms with Crippen LogP contribution in [0, 0.1) is 0 Å². The first kappa shape index (κ1) is 13.6. The topological polar surface area (TPSA) is 38.0 Å². The molecule has 0 aliphatic carbocycles. The smallest absolute Gasteiger partial charge is 0.0329 e. The summed E-state index contributed by atoms with van der Waals surface area (Å²) >= 11 is 1.89. The molecule has 0 fully saturated rings. The molecule has 16 heavy (non-hydrogen) atoms. The summed E-state index contributed by atoms with van der Waals surface area (Å²) in [5.74, 6) is 0. The van der Waals surface area contributed by atoms with Crippen molar-refractivity contribution in [2.24, 2.45) is 5.73 Å². The second-order valence-corrected chi connectivity index (χ2v) is 5.80. The average molecular weight is 238 g/mol. The Bertz CT molecular complexity index is 295. The summed E-state index contributed by atoms with van der Waals surface area (Å²) in [5.41, 5.74) is 6.91. The van der Waals surface area contributed by atoms with E-state index in [4.69, 9.17) is 5.73 Å². The first-order valence-corrected chi connectivity index (χ1v) is 6.69. The van der Waals surface area contributed by atoms with Gasteiger partial charge in [-0.05, 0) is 37.7 Å². The third-order valence-electron chi connectivity index (χ3n) is 2.46. The van der Waals surface area contributed by atoms with E-state index < -0.39 is 0 Å². The third kappa shape index (κ3) is 4.16. The second-order valence-electron chi connectivity index (χ2n) is 4.15. The number of hydrogen-bond donors (Lipinski definition) is 2. The van der Waals surface area contributed by atoms with Crippen LogP contribution in [0.1, 0.15) is 31.9 Å². The predicted octanol–water partition coefficient (Wildman–Crippen LogP) is 2.80. The fourth-order valence-corrected chi connectivity index (χ4v) is 2.53. The number of rotatable bonds is 6. The molecular weight excluding hydrogens is 216 g/mol. The summed E-state index contributed by atoms with van der Waals surface area (Å²) in [5, 5.41) is 3.93. The zero-order valence-electron chi connectivity index (χ0n) is 10.4. The van der Waals surface area contributed by atoms with Gasteiger partial charge in [-0.25, -0.2) is 0 Å². The Morgan fingerprint density at radius 2 is 1.88 bits per heavy atom. The number of nitrogens with two attached hydrogens (primary N) is 1. The predicted molar refractivity (Wildman–Crippen MR) is 72.9 cm³/mol. The third-order valence-corrected chi connectivity index (χ3v) is 3.47. The van der Waals surface area contributed by atoms with Crippen LogP contribution in [0.4, 0.5) is 0 Å². The second kappa shape index (κ2) is 6.94. The maximum atomic E-state index is 5.59. The lowest BCUT2D eigenvalue weighted by Crippen LogP contribution is -2.19. The summed E-state index contributed by atoms with van der Waals surface area (Å²) in [7, 11) is 1.98. The van der Waals surface area contributed by atoms with Crippen LogP contribution in [-0.4, -0.2) is 18.8 Å². The molecule has 1 rings (SSSR count). The average Bonchev–Trinajstić information content (AvgIpc) is 2.26. The van der Waals surface area contributed by atoms with Crippen LogP contribution < -0.4 is 11.1 Å². The van der Waals surface area contributed by atoms with Gasteiger partial charge in [0.1, 0.15) is 0 Å². The molecule has 0 spiro atoms. The molecule has 3 heteroatoms.